The number of hydrogen-bond donors (Lipinski definition) is 1. The van der Waals surface area contributed by atoms with Crippen molar-refractivity contribution < 1.29 is 4.74 Å². The second-order valence-corrected chi connectivity index (χ2v) is 5.59. The van der Waals surface area contributed by atoms with Gasteiger partial charge in [0.15, 0.2) is 0 Å². The highest BCUT2D eigenvalue weighted by Crippen LogP contribution is 2.22. The molecule has 2 nitrogen and oxygen atoms in total. The zero-order valence-electron chi connectivity index (χ0n) is 11.8. The van der Waals surface area contributed by atoms with Crippen LogP contribution in [0, 0.1) is 0 Å². The molecule has 1 aromatic rings. The van der Waals surface area contributed by atoms with Crippen LogP contribution in [0.4, 0.5) is 0 Å². The first-order valence-electron chi connectivity index (χ1n) is 7.05. The van der Waals surface area contributed by atoms with Crippen molar-refractivity contribution in [1.82, 2.24) is 5.32 Å². The van der Waals surface area contributed by atoms with Crippen LogP contribution in [0.5, 0.6) is 0 Å². The molecule has 0 radical (unpaired) electrons. The highest BCUT2D eigenvalue weighted by molar-refractivity contribution is 5.24. The SMILES string of the molecule is COC1CCCC1NCc1ccc(C(C)C)cc1. The molecule has 1 saturated carbocycles. The van der Waals surface area contributed by atoms with E-state index in [2.05, 4.69) is 43.4 Å². The second-order valence-electron chi connectivity index (χ2n) is 5.59. The average molecular weight is 247 g/mol. The number of benzene rings is 1. The first-order chi connectivity index (χ1) is 8.70. The van der Waals surface area contributed by atoms with Gasteiger partial charge in [0.05, 0.1) is 6.10 Å². The van der Waals surface area contributed by atoms with E-state index in [-0.39, 0.29) is 0 Å². The molecule has 18 heavy (non-hydrogen) atoms. The Balaban J connectivity index is 1.86. The van der Waals surface area contributed by atoms with Crippen molar-refractivity contribution in [2.24, 2.45) is 0 Å². The van der Waals surface area contributed by atoms with Gasteiger partial charge in [-0.15, -0.1) is 0 Å². The van der Waals surface area contributed by atoms with Gasteiger partial charge in [-0.1, -0.05) is 38.1 Å². The van der Waals surface area contributed by atoms with E-state index in [1.807, 2.05) is 7.11 Å². The summed E-state index contributed by atoms with van der Waals surface area (Å²) in [5, 5.41) is 3.62. The maximum absolute atomic E-state index is 5.50. The molecule has 1 aliphatic carbocycles. The Hall–Kier alpha value is -0.860. The van der Waals surface area contributed by atoms with E-state index in [4.69, 9.17) is 4.74 Å². The molecule has 1 aromatic carbocycles. The van der Waals surface area contributed by atoms with Gasteiger partial charge in [0.2, 0.25) is 0 Å². The normalized spacial score (nSPS) is 23.8. The summed E-state index contributed by atoms with van der Waals surface area (Å²) in [7, 11) is 1.82. The lowest BCUT2D eigenvalue weighted by Gasteiger charge is -2.19. The lowest BCUT2D eigenvalue weighted by atomic mass is 10.0. The predicted octanol–water partition coefficient (Wildman–Crippen LogP) is 3.47. The Morgan fingerprint density at radius 2 is 1.94 bits per heavy atom. The molecule has 0 saturated heterocycles. The van der Waals surface area contributed by atoms with E-state index in [1.165, 1.54) is 30.4 Å². The molecule has 2 unspecified atom stereocenters. The zero-order chi connectivity index (χ0) is 13.0. The summed E-state index contributed by atoms with van der Waals surface area (Å²) < 4.78 is 5.50. The fraction of sp³-hybridized carbons (Fsp3) is 0.625. The van der Waals surface area contributed by atoms with Gasteiger partial charge in [-0.2, -0.15) is 0 Å². The summed E-state index contributed by atoms with van der Waals surface area (Å²) in [6, 6.07) is 9.48. The van der Waals surface area contributed by atoms with E-state index in [1.54, 1.807) is 0 Å². The summed E-state index contributed by atoms with van der Waals surface area (Å²) >= 11 is 0. The smallest absolute Gasteiger partial charge is 0.0724 e. The lowest BCUT2D eigenvalue weighted by Crippen LogP contribution is -2.36. The Morgan fingerprint density at radius 3 is 2.56 bits per heavy atom. The third-order valence-electron chi connectivity index (χ3n) is 3.97. The fourth-order valence-corrected chi connectivity index (χ4v) is 2.71. The second kappa shape index (κ2) is 6.35. The molecular formula is C16H25NO. The Labute approximate surface area is 111 Å². The molecule has 2 heteroatoms. The number of hydrogen-bond acceptors (Lipinski definition) is 2. The van der Waals surface area contributed by atoms with Crippen molar-refractivity contribution in [2.45, 2.75) is 57.7 Å². The van der Waals surface area contributed by atoms with Crippen LogP contribution in [-0.2, 0) is 11.3 Å². The van der Waals surface area contributed by atoms with Crippen molar-refractivity contribution >= 4 is 0 Å². The molecular weight excluding hydrogens is 222 g/mol. The topological polar surface area (TPSA) is 21.3 Å². The molecule has 1 aliphatic rings. The molecule has 2 rings (SSSR count). The van der Waals surface area contributed by atoms with Crippen molar-refractivity contribution in [3.8, 4) is 0 Å². The minimum Gasteiger partial charge on any atom is -0.380 e. The van der Waals surface area contributed by atoms with Gasteiger partial charge in [-0.25, -0.2) is 0 Å². The lowest BCUT2D eigenvalue weighted by molar-refractivity contribution is 0.0847. The van der Waals surface area contributed by atoms with Gasteiger partial charge in [0, 0.05) is 19.7 Å². The largest absolute Gasteiger partial charge is 0.380 e. The van der Waals surface area contributed by atoms with Crippen LogP contribution in [0.2, 0.25) is 0 Å². The maximum Gasteiger partial charge on any atom is 0.0724 e. The van der Waals surface area contributed by atoms with Crippen LogP contribution in [0.3, 0.4) is 0 Å². The molecule has 0 heterocycles. The third-order valence-corrected chi connectivity index (χ3v) is 3.97. The number of rotatable bonds is 5. The summed E-state index contributed by atoms with van der Waals surface area (Å²) in [5.74, 6) is 0.611. The van der Waals surface area contributed by atoms with Crippen LogP contribution in [0.25, 0.3) is 0 Å². The van der Waals surface area contributed by atoms with E-state index in [0.717, 1.165) is 6.54 Å². The van der Waals surface area contributed by atoms with E-state index >= 15 is 0 Å². The summed E-state index contributed by atoms with van der Waals surface area (Å²) in [5.41, 5.74) is 2.77. The van der Waals surface area contributed by atoms with Crippen LogP contribution in [0.15, 0.2) is 24.3 Å². The van der Waals surface area contributed by atoms with Gasteiger partial charge in [-0.3, -0.25) is 0 Å². The molecule has 0 spiro atoms. The first-order valence-corrected chi connectivity index (χ1v) is 7.05. The summed E-state index contributed by atoms with van der Waals surface area (Å²) in [6.45, 7) is 5.41. The van der Waals surface area contributed by atoms with Gasteiger partial charge in [0.1, 0.15) is 0 Å². The average Bonchev–Trinajstić information content (AvgIpc) is 2.84. The third kappa shape index (κ3) is 3.33. The van der Waals surface area contributed by atoms with Crippen molar-refractivity contribution in [3.63, 3.8) is 0 Å². The molecule has 2 atom stereocenters. The Kier molecular flexibility index (Phi) is 4.79. The molecule has 0 amide bonds. The quantitative estimate of drug-likeness (QED) is 0.860. The van der Waals surface area contributed by atoms with Crippen LogP contribution < -0.4 is 5.32 Å². The van der Waals surface area contributed by atoms with E-state index in [9.17, 15) is 0 Å². The van der Waals surface area contributed by atoms with Crippen molar-refractivity contribution in [2.75, 3.05) is 7.11 Å². The number of nitrogens with one attached hydrogen (secondary N) is 1. The minimum absolute atomic E-state index is 0.403. The van der Waals surface area contributed by atoms with E-state index < -0.39 is 0 Å². The number of ether oxygens (including phenoxy) is 1. The molecule has 1 fully saturated rings. The van der Waals surface area contributed by atoms with Gasteiger partial charge in [-0.05, 0) is 36.3 Å². The first kappa shape index (κ1) is 13.6. The zero-order valence-corrected chi connectivity index (χ0v) is 11.8. The molecule has 100 valence electrons. The van der Waals surface area contributed by atoms with Gasteiger partial charge in [0.25, 0.3) is 0 Å². The number of methoxy groups -OCH3 is 1. The van der Waals surface area contributed by atoms with Crippen molar-refractivity contribution in [3.05, 3.63) is 35.4 Å². The molecule has 1 N–H and O–H groups in total. The Bertz CT molecular complexity index is 358. The highest BCUT2D eigenvalue weighted by atomic mass is 16.5. The standard InChI is InChI=1S/C16H25NO/c1-12(2)14-9-7-13(8-10-14)11-17-15-5-4-6-16(15)18-3/h7-10,12,15-17H,4-6,11H2,1-3H3. The van der Waals surface area contributed by atoms with Crippen molar-refractivity contribution in [1.29, 1.82) is 0 Å². The molecule has 0 aromatic heterocycles. The summed E-state index contributed by atoms with van der Waals surface area (Å²) in [6.07, 6.45) is 4.12. The summed E-state index contributed by atoms with van der Waals surface area (Å²) in [4.78, 5) is 0. The fourth-order valence-electron chi connectivity index (χ4n) is 2.71. The van der Waals surface area contributed by atoms with Gasteiger partial charge >= 0.3 is 0 Å². The maximum atomic E-state index is 5.50. The highest BCUT2D eigenvalue weighted by Gasteiger charge is 2.26. The monoisotopic (exact) mass is 247 g/mol. The van der Waals surface area contributed by atoms with Crippen LogP contribution in [0.1, 0.15) is 50.2 Å². The van der Waals surface area contributed by atoms with Crippen LogP contribution in [-0.4, -0.2) is 19.3 Å². The Morgan fingerprint density at radius 1 is 1.22 bits per heavy atom. The molecule has 0 bridgehead atoms. The van der Waals surface area contributed by atoms with E-state index in [0.29, 0.717) is 18.1 Å². The minimum atomic E-state index is 0.403. The van der Waals surface area contributed by atoms with Crippen LogP contribution >= 0.6 is 0 Å². The van der Waals surface area contributed by atoms with Gasteiger partial charge < -0.3 is 10.1 Å². The molecule has 0 aliphatic heterocycles. The predicted molar refractivity (Wildman–Crippen MR) is 75.8 cm³/mol.